The maximum absolute atomic E-state index is 15.0. The summed E-state index contributed by atoms with van der Waals surface area (Å²) in [5.74, 6) is 1.76. The van der Waals surface area contributed by atoms with E-state index < -0.39 is 0 Å². The fraction of sp³-hybridized carbons (Fsp3) is 0.556. The van der Waals surface area contributed by atoms with Gasteiger partial charge in [0.2, 0.25) is 0 Å². The van der Waals surface area contributed by atoms with Gasteiger partial charge in [0.25, 0.3) is 0 Å². The molecule has 3 atom stereocenters. The van der Waals surface area contributed by atoms with Crippen molar-refractivity contribution in [3.63, 3.8) is 0 Å². The van der Waals surface area contributed by atoms with Crippen LogP contribution in [0.3, 0.4) is 0 Å². The van der Waals surface area contributed by atoms with Crippen LogP contribution in [0.25, 0.3) is 0 Å². The highest BCUT2D eigenvalue weighted by Gasteiger charge is 2.53. The van der Waals surface area contributed by atoms with Crippen LogP contribution in [-0.2, 0) is 21.5 Å². The van der Waals surface area contributed by atoms with Crippen LogP contribution < -0.4 is 4.90 Å². The first kappa shape index (κ1) is 29.9. The zero-order chi connectivity index (χ0) is 30.0. The molecule has 0 unspecified atom stereocenters. The van der Waals surface area contributed by atoms with E-state index in [0.29, 0.717) is 24.8 Å². The molecule has 0 N–H and O–H groups in total. The van der Waals surface area contributed by atoms with Crippen molar-refractivity contribution >= 4 is 11.7 Å². The van der Waals surface area contributed by atoms with E-state index in [9.17, 15) is 9.18 Å². The Kier molecular flexibility index (Phi) is 8.90. The van der Waals surface area contributed by atoms with Crippen LogP contribution in [0.2, 0.25) is 0 Å². The minimum absolute atomic E-state index is 0.123. The number of piperidine rings is 1. The number of hydrogen-bond donors (Lipinski definition) is 0. The van der Waals surface area contributed by atoms with Crippen LogP contribution in [0.15, 0.2) is 60.9 Å². The standard InChI is InChI=1S/C36H47FN4O2/c1-4-35(42)43-34-10-6-9-33(34)36(25-40-20-17-38-27(40)3,30-7-5-8-31(37)21-30)29-15-18-39(19-16-29)22-28-23-41(24-28)32-13-11-26(2)12-14-32/h5,7-8,11-14,17,20-21,28-29,33-34H,4,6,9-10,15-16,18-19,22-25H2,1-3H3/t33-,34-,36-/m0/s1. The summed E-state index contributed by atoms with van der Waals surface area (Å²) < 4.78 is 23.4. The molecule has 43 heavy (non-hydrogen) atoms. The number of rotatable bonds is 10. The molecule has 0 bridgehead atoms. The maximum Gasteiger partial charge on any atom is 0.305 e. The highest BCUT2D eigenvalue weighted by molar-refractivity contribution is 5.69. The number of aromatic nitrogens is 2. The van der Waals surface area contributed by atoms with Gasteiger partial charge in [-0.15, -0.1) is 0 Å². The van der Waals surface area contributed by atoms with Crippen molar-refractivity contribution in [3.8, 4) is 0 Å². The second-order valence-corrected chi connectivity index (χ2v) is 13.3. The average molecular weight is 587 g/mol. The summed E-state index contributed by atoms with van der Waals surface area (Å²) in [6.45, 7) is 12.2. The summed E-state index contributed by atoms with van der Waals surface area (Å²) in [7, 11) is 0. The zero-order valence-electron chi connectivity index (χ0n) is 26.1. The fourth-order valence-corrected chi connectivity index (χ4v) is 8.28. The van der Waals surface area contributed by atoms with Crippen molar-refractivity contribution in [2.24, 2.45) is 17.8 Å². The molecule has 3 aromatic rings. The summed E-state index contributed by atoms with van der Waals surface area (Å²) in [4.78, 5) is 22.3. The number of likely N-dealkylation sites (tertiary alicyclic amines) is 1. The first-order valence-corrected chi connectivity index (χ1v) is 16.3. The molecule has 6 nitrogen and oxygen atoms in total. The van der Waals surface area contributed by atoms with Gasteiger partial charge in [-0.3, -0.25) is 4.79 Å². The average Bonchev–Trinajstić information content (AvgIpc) is 3.63. The van der Waals surface area contributed by atoms with Crippen LogP contribution in [-0.4, -0.2) is 59.2 Å². The van der Waals surface area contributed by atoms with Crippen molar-refractivity contribution in [3.05, 3.63) is 83.7 Å². The molecule has 0 radical (unpaired) electrons. The highest BCUT2D eigenvalue weighted by atomic mass is 19.1. The molecular weight excluding hydrogens is 539 g/mol. The smallest absolute Gasteiger partial charge is 0.305 e. The lowest BCUT2D eigenvalue weighted by molar-refractivity contribution is -0.152. The van der Waals surface area contributed by atoms with Crippen molar-refractivity contribution in [2.45, 2.75) is 77.4 Å². The van der Waals surface area contributed by atoms with Gasteiger partial charge in [-0.1, -0.05) is 36.8 Å². The highest BCUT2D eigenvalue weighted by Crippen LogP contribution is 2.52. The van der Waals surface area contributed by atoms with Gasteiger partial charge in [-0.2, -0.15) is 0 Å². The lowest BCUT2D eigenvalue weighted by atomic mass is 9.58. The topological polar surface area (TPSA) is 50.6 Å². The van der Waals surface area contributed by atoms with Gasteiger partial charge < -0.3 is 19.1 Å². The molecule has 3 fully saturated rings. The number of nitrogens with zero attached hydrogens (tertiary/aromatic N) is 4. The Labute approximate surface area is 256 Å². The molecule has 1 saturated carbocycles. The number of carbonyl (C=O) groups excluding carboxylic acids is 1. The van der Waals surface area contributed by atoms with Crippen LogP contribution >= 0.6 is 0 Å². The van der Waals surface area contributed by atoms with Crippen LogP contribution in [0.4, 0.5) is 10.1 Å². The lowest BCUT2D eigenvalue weighted by Crippen LogP contribution is -2.55. The third kappa shape index (κ3) is 6.24. The predicted octanol–water partition coefficient (Wildman–Crippen LogP) is 6.55. The van der Waals surface area contributed by atoms with Gasteiger partial charge in [0.15, 0.2) is 0 Å². The van der Waals surface area contributed by atoms with Crippen molar-refractivity contribution < 1.29 is 13.9 Å². The second-order valence-electron chi connectivity index (χ2n) is 13.3. The molecule has 3 aliphatic rings. The molecule has 1 aliphatic carbocycles. The Balaban J connectivity index is 1.24. The first-order valence-electron chi connectivity index (χ1n) is 16.3. The summed E-state index contributed by atoms with van der Waals surface area (Å²) in [5, 5.41) is 0. The second kappa shape index (κ2) is 12.8. The number of imidazole rings is 1. The number of anilines is 1. The van der Waals surface area contributed by atoms with Gasteiger partial charge >= 0.3 is 5.97 Å². The Hall–Kier alpha value is -3.19. The fourth-order valence-electron chi connectivity index (χ4n) is 8.28. The van der Waals surface area contributed by atoms with E-state index in [0.717, 1.165) is 76.2 Å². The van der Waals surface area contributed by atoms with E-state index in [1.54, 1.807) is 12.1 Å². The van der Waals surface area contributed by atoms with Crippen LogP contribution in [0.5, 0.6) is 0 Å². The molecule has 0 amide bonds. The van der Waals surface area contributed by atoms with Gasteiger partial charge in [0.05, 0.1) is 0 Å². The Morgan fingerprint density at radius 2 is 1.81 bits per heavy atom. The normalized spacial score (nSPS) is 23.2. The third-order valence-corrected chi connectivity index (χ3v) is 10.6. The Morgan fingerprint density at radius 1 is 1.05 bits per heavy atom. The molecule has 230 valence electrons. The SMILES string of the molecule is CCC(=O)O[C@H]1CCC[C@@H]1[C@](Cn1ccnc1C)(c1cccc(F)c1)C1CCN(CC2CN(c3ccc(C)cc3)C2)CC1. The van der Waals surface area contributed by atoms with Crippen LogP contribution in [0.1, 0.15) is 62.4 Å². The molecule has 6 rings (SSSR count). The van der Waals surface area contributed by atoms with E-state index in [4.69, 9.17) is 4.74 Å². The number of esters is 1. The third-order valence-electron chi connectivity index (χ3n) is 10.6. The van der Waals surface area contributed by atoms with Crippen LogP contribution in [0, 0.1) is 37.4 Å². The summed E-state index contributed by atoms with van der Waals surface area (Å²) in [6.07, 6.45) is 9.08. The molecule has 2 aromatic carbocycles. The Bertz CT molecular complexity index is 1380. The van der Waals surface area contributed by atoms with Gasteiger partial charge in [-0.05, 0) is 94.8 Å². The van der Waals surface area contributed by atoms with Gasteiger partial charge in [0, 0.05) is 67.9 Å². The van der Waals surface area contributed by atoms with Crippen molar-refractivity contribution in [2.75, 3.05) is 37.6 Å². The summed E-state index contributed by atoms with van der Waals surface area (Å²) in [6, 6.07) is 16.1. The minimum Gasteiger partial charge on any atom is -0.462 e. The number of carbonyl (C=O) groups is 1. The van der Waals surface area contributed by atoms with E-state index in [1.165, 1.54) is 11.3 Å². The molecule has 7 heteroatoms. The lowest BCUT2D eigenvalue weighted by Gasteiger charge is -2.51. The maximum atomic E-state index is 15.0. The van der Waals surface area contributed by atoms with Crippen molar-refractivity contribution in [1.82, 2.24) is 14.5 Å². The van der Waals surface area contributed by atoms with Gasteiger partial charge in [0.1, 0.15) is 17.7 Å². The van der Waals surface area contributed by atoms with E-state index >= 15 is 0 Å². The largest absolute Gasteiger partial charge is 0.462 e. The molecule has 0 spiro atoms. The number of benzene rings is 2. The van der Waals surface area contributed by atoms with Gasteiger partial charge in [-0.25, -0.2) is 9.37 Å². The monoisotopic (exact) mass is 586 g/mol. The molecule has 3 heterocycles. The van der Waals surface area contributed by atoms with E-state index in [2.05, 4.69) is 62.8 Å². The molecule has 2 saturated heterocycles. The Morgan fingerprint density at radius 3 is 2.49 bits per heavy atom. The zero-order valence-corrected chi connectivity index (χ0v) is 26.1. The van der Waals surface area contributed by atoms with Crippen molar-refractivity contribution in [1.29, 1.82) is 0 Å². The predicted molar refractivity (Wildman–Crippen MR) is 169 cm³/mol. The number of ether oxygens (including phenoxy) is 1. The minimum atomic E-state index is -0.368. The summed E-state index contributed by atoms with van der Waals surface area (Å²) in [5.41, 5.74) is 3.29. The number of hydrogen-bond acceptors (Lipinski definition) is 5. The molecule has 2 aliphatic heterocycles. The number of halogens is 1. The summed E-state index contributed by atoms with van der Waals surface area (Å²) >= 11 is 0. The van der Waals surface area contributed by atoms with E-state index in [1.807, 2.05) is 26.1 Å². The van der Waals surface area contributed by atoms with E-state index in [-0.39, 0.29) is 29.2 Å². The number of aryl methyl sites for hydroxylation is 2. The first-order chi connectivity index (χ1) is 20.9. The molecular formula is C36H47FN4O2. The molecule has 1 aromatic heterocycles. The quantitative estimate of drug-likeness (QED) is 0.252.